The molecule has 1 aromatic carbocycles. The molecule has 1 aromatic heterocycles. The van der Waals surface area contributed by atoms with Crippen LogP contribution in [0.5, 0.6) is 0 Å². The number of fused-ring (bicyclic) bond motifs is 1. The number of aryl methyl sites for hydroxylation is 1. The SMILES string of the molecule is Cc1cc(C(=O)N2CC[C@@H](O)[C@](CC3CC3)(C(=O)O)C2)c2cc(Cl)ccc2n1. The van der Waals surface area contributed by atoms with Gasteiger partial charge in [-0.3, -0.25) is 14.6 Å². The summed E-state index contributed by atoms with van der Waals surface area (Å²) < 4.78 is 0. The molecule has 28 heavy (non-hydrogen) atoms. The van der Waals surface area contributed by atoms with E-state index < -0.39 is 17.5 Å². The van der Waals surface area contributed by atoms with Crippen molar-refractivity contribution < 1.29 is 19.8 Å². The number of carboxylic acid groups (broad SMARTS) is 1. The van der Waals surface area contributed by atoms with Gasteiger partial charge in [-0.1, -0.05) is 24.4 Å². The second-order valence-corrected chi connectivity index (χ2v) is 8.55. The summed E-state index contributed by atoms with van der Waals surface area (Å²) >= 11 is 6.13. The molecule has 2 N–H and O–H groups in total. The topological polar surface area (TPSA) is 90.7 Å². The number of nitrogens with zero attached hydrogens (tertiary/aromatic N) is 2. The number of carbonyl (C=O) groups is 2. The Morgan fingerprint density at radius 3 is 2.71 bits per heavy atom. The second kappa shape index (κ2) is 7.01. The number of hydrogen-bond acceptors (Lipinski definition) is 4. The number of amides is 1. The maximum absolute atomic E-state index is 13.4. The Labute approximate surface area is 168 Å². The first-order chi connectivity index (χ1) is 13.3. The summed E-state index contributed by atoms with van der Waals surface area (Å²) in [4.78, 5) is 31.5. The van der Waals surface area contributed by atoms with Gasteiger partial charge in [-0.2, -0.15) is 0 Å². The number of benzene rings is 1. The van der Waals surface area contributed by atoms with Gasteiger partial charge >= 0.3 is 5.97 Å². The molecule has 0 radical (unpaired) electrons. The number of aliphatic hydroxyl groups excluding tert-OH is 1. The van der Waals surface area contributed by atoms with Crippen molar-refractivity contribution in [2.24, 2.45) is 11.3 Å². The van der Waals surface area contributed by atoms with Crippen LogP contribution >= 0.6 is 11.6 Å². The van der Waals surface area contributed by atoms with E-state index in [2.05, 4.69) is 4.98 Å². The molecule has 1 aliphatic heterocycles. The van der Waals surface area contributed by atoms with Crippen molar-refractivity contribution in [1.29, 1.82) is 0 Å². The number of aromatic nitrogens is 1. The van der Waals surface area contributed by atoms with Crippen LogP contribution in [0.4, 0.5) is 0 Å². The number of hydrogen-bond donors (Lipinski definition) is 2. The Morgan fingerprint density at radius 1 is 1.29 bits per heavy atom. The van der Waals surface area contributed by atoms with Crippen LogP contribution in [0.25, 0.3) is 10.9 Å². The predicted molar refractivity (Wildman–Crippen MR) is 105 cm³/mol. The highest BCUT2D eigenvalue weighted by Gasteiger charge is 2.52. The van der Waals surface area contributed by atoms with Crippen molar-refractivity contribution in [1.82, 2.24) is 9.88 Å². The molecule has 0 unspecified atom stereocenters. The zero-order valence-corrected chi connectivity index (χ0v) is 16.4. The lowest BCUT2D eigenvalue weighted by Crippen LogP contribution is -2.57. The van der Waals surface area contributed by atoms with Crippen molar-refractivity contribution in [3.63, 3.8) is 0 Å². The molecule has 0 spiro atoms. The van der Waals surface area contributed by atoms with Gasteiger partial charge in [-0.15, -0.1) is 0 Å². The molecule has 2 aromatic rings. The number of piperidine rings is 1. The van der Waals surface area contributed by atoms with Gasteiger partial charge in [0.25, 0.3) is 5.91 Å². The third kappa shape index (κ3) is 3.35. The summed E-state index contributed by atoms with van der Waals surface area (Å²) in [7, 11) is 0. The average molecular weight is 403 g/mol. The Morgan fingerprint density at radius 2 is 2.04 bits per heavy atom. The third-order valence-electron chi connectivity index (χ3n) is 5.98. The fourth-order valence-corrected chi connectivity index (χ4v) is 4.44. The van der Waals surface area contributed by atoms with Crippen molar-refractivity contribution in [2.75, 3.05) is 13.1 Å². The summed E-state index contributed by atoms with van der Waals surface area (Å²) in [5.74, 6) is -0.946. The molecule has 6 nitrogen and oxygen atoms in total. The van der Waals surface area contributed by atoms with E-state index in [-0.39, 0.29) is 18.9 Å². The number of pyridine rings is 1. The van der Waals surface area contributed by atoms with E-state index in [0.717, 1.165) is 12.8 Å². The van der Waals surface area contributed by atoms with Crippen LogP contribution in [0.15, 0.2) is 24.3 Å². The van der Waals surface area contributed by atoms with Gasteiger partial charge in [-0.05, 0) is 49.9 Å². The lowest BCUT2D eigenvalue weighted by Gasteiger charge is -2.43. The molecule has 1 saturated carbocycles. The Balaban J connectivity index is 1.71. The maximum Gasteiger partial charge on any atom is 0.314 e. The first-order valence-corrected chi connectivity index (χ1v) is 9.95. The maximum atomic E-state index is 13.4. The molecule has 148 valence electrons. The summed E-state index contributed by atoms with van der Waals surface area (Å²) in [6, 6.07) is 6.93. The largest absolute Gasteiger partial charge is 0.481 e. The second-order valence-electron chi connectivity index (χ2n) is 8.11. The van der Waals surface area contributed by atoms with E-state index in [1.165, 1.54) is 0 Å². The quantitative estimate of drug-likeness (QED) is 0.819. The number of likely N-dealkylation sites (tertiary alicyclic amines) is 1. The predicted octanol–water partition coefficient (Wildman–Crippen LogP) is 3.27. The zero-order valence-electron chi connectivity index (χ0n) is 15.7. The van der Waals surface area contributed by atoms with Crippen molar-refractivity contribution in [2.45, 2.75) is 38.7 Å². The first kappa shape index (κ1) is 19.2. The molecule has 2 fully saturated rings. The lowest BCUT2D eigenvalue weighted by atomic mass is 9.73. The normalized spacial score (nSPS) is 25.1. The molecular formula is C21H23ClN2O4. The van der Waals surface area contributed by atoms with Gasteiger partial charge in [0.05, 0.1) is 17.2 Å². The molecular weight excluding hydrogens is 380 g/mol. The highest BCUT2D eigenvalue weighted by Crippen LogP contribution is 2.45. The molecule has 0 bridgehead atoms. The van der Waals surface area contributed by atoms with E-state index in [4.69, 9.17) is 11.6 Å². The van der Waals surface area contributed by atoms with Gasteiger partial charge < -0.3 is 15.1 Å². The first-order valence-electron chi connectivity index (χ1n) is 9.58. The van der Waals surface area contributed by atoms with Crippen LogP contribution < -0.4 is 0 Å². The lowest BCUT2D eigenvalue weighted by molar-refractivity contribution is -0.163. The van der Waals surface area contributed by atoms with Crippen LogP contribution in [0.1, 0.15) is 41.7 Å². The highest BCUT2D eigenvalue weighted by molar-refractivity contribution is 6.31. The summed E-state index contributed by atoms with van der Waals surface area (Å²) in [5.41, 5.74) is 0.544. The van der Waals surface area contributed by atoms with Crippen LogP contribution in [-0.2, 0) is 4.79 Å². The molecule has 1 amide bonds. The minimum absolute atomic E-state index is 0.0161. The van der Waals surface area contributed by atoms with Crippen molar-refractivity contribution in [3.8, 4) is 0 Å². The summed E-state index contributed by atoms with van der Waals surface area (Å²) in [6.45, 7) is 2.16. The number of carbonyl (C=O) groups excluding carboxylic acids is 1. The van der Waals surface area contributed by atoms with Gasteiger partial charge in [0, 0.05) is 29.2 Å². The number of aliphatic carboxylic acids is 1. The van der Waals surface area contributed by atoms with Crippen LogP contribution in [0.3, 0.4) is 0 Å². The standard InChI is InChI=1S/C21H23ClN2O4/c1-12-8-16(15-9-14(22)4-5-17(15)23-12)19(26)24-7-6-18(25)21(11-24,20(27)28)10-13-2-3-13/h4-5,8-9,13,18,25H,2-3,6-7,10-11H2,1H3,(H,27,28)/t18-,21-/m1/s1. The van der Waals surface area contributed by atoms with E-state index >= 15 is 0 Å². The van der Waals surface area contributed by atoms with E-state index in [1.54, 1.807) is 29.2 Å². The molecule has 2 atom stereocenters. The van der Waals surface area contributed by atoms with E-state index in [0.29, 0.717) is 46.1 Å². The monoisotopic (exact) mass is 402 g/mol. The van der Waals surface area contributed by atoms with Gasteiger partial charge in [0.1, 0.15) is 5.41 Å². The molecule has 2 heterocycles. The fraction of sp³-hybridized carbons (Fsp3) is 0.476. The Kier molecular flexibility index (Phi) is 4.79. The third-order valence-corrected chi connectivity index (χ3v) is 6.21. The Hall–Kier alpha value is -2.18. The molecule has 2 aliphatic rings. The number of carboxylic acids is 1. The molecule has 4 rings (SSSR count). The number of halogens is 1. The smallest absolute Gasteiger partial charge is 0.314 e. The fourth-order valence-electron chi connectivity index (χ4n) is 4.27. The summed E-state index contributed by atoms with van der Waals surface area (Å²) in [6.07, 6.45) is 1.70. The molecule has 1 saturated heterocycles. The van der Waals surface area contributed by atoms with Gasteiger partial charge in [0.2, 0.25) is 0 Å². The van der Waals surface area contributed by atoms with Gasteiger partial charge in [0.15, 0.2) is 0 Å². The minimum Gasteiger partial charge on any atom is -0.481 e. The highest BCUT2D eigenvalue weighted by atomic mass is 35.5. The minimum atomic E-state index is -1.30. The van der Waals surface area contributed by atoms with E-state index in [9.17, 15) is 19.8 Å². The molecule has 1 aliphatic carbocycles. The molecule has 7 heteroatoms. The summed E-state index contributed by atoms with van der Waals surface area (Å²) in [5, 5.41) is 21.6. The van der Waals surface area contributed by atoms with Crippen molar-refractivity contribution in [3.05, 3.63) is 40.5 Å². The zero-order chi connectivity index (χ0) is 20.1. The van der Waals surface area contributed by atoms with Crippen LogP contribution in [-0.4, -0.2) is 51.2 Å². The Bertz CT molecular complexity index is 959. The number of rotatable bonds is 4. The van der Waals surface area contributed by atoms with Crippen molar-refractivity contribution >= 4 is 34.4 Å². The van der Waals surface area contributed by atoms with Crippen LogP contribution in [0, 0.1) is 18.3 Å². The number of aliphatic hydroxyl groups is 1. The van der Waals surface area contributed by atoms with E-state index in [1.807, 2.05) is 6.92 Å². The van der Waals surface area contributed by atoms with Crippen LogP contribution in [0.2, 0.25) is 5.02 Å². The van der Waals surface area contributed by atoms with Gasteiger partial charge in [-0.25, -0.2) is 0 Å². The average Bonchev–Trinajstić information content (AvgIpc) is 3.46.